The van der Waals surface area contributed by atoms with Gasteiger partial charge >= 0.3 is 0 Å². The van der Waals surface area contributed by atoms with Crippen LogP contribution in [0.25, 0.3) is 46.4 Å². The zero-order valence-electron chi connectivity index (χ0n) is 49.4. The third kappa shape index (κ3) is 10.8. The van der Waals surface area contributed by atoms with Gasteiger partial charge in [-0.25, -0.2) is 9.97 Å². The quantitative estimate of drug-likeness (QED) is 0.0966. The Morgan fingerprint density at radius 3 is 0.694 bits per heavy atom. The minimum Gasteiger partial charge on any atom is -0.353 e. The molecule has 8 heteroatoms. The van der Waals surface area contributed by atoms with Crippen molar-refractivity contribution in [1.29, 1.82) is 0 Å². The molecule has 0 atom stereocenters. The molecule has 0 unspecified atom stereocenters. The van der Waals surface area contributed by atoms with E-state index in [1.807, 2.05) is 0 Å². The molecule has 0 fully saturated rings. The average molecular weight is 1030 g/mol. The number of nitrogens with zero attached hydrogens (tertiary/aromatic N) is 2. The van der Waals surface area contributed by atoms with Gasteiger partial charge in [-0.05, 0) is 115 Å². The molecule has 3 aromatic heterocycles. The summed E-state index contributed by atoms with van der Waals surface area (Å²) in [6.07, 6.45) is 8.64. The van der Waals surface area contributed by atoms with Gasteiger partial charge in [0.05, 0.1) is 67.1 Å². The smallest absolute Gasteiger partial charge is 0.146 e. The minimum absolute atomic E-state index is 0.467. The lowest BCUT2D eigenvalue weighted by atomic mass is 10.1. The van der Waals surface area contributed by atoms with Crippen LogP contribution in [0.4, 0.5) is 0 Å². The number of rotatable bonds is 12. The van der Waals surface area contributed by atoms with E-state index in [1.54, 1.807) is 0 Å². The fourth-order valence-corrected chi connectivity index (χ4v) is 35.0. The first-order valence-corrected chi connectivity index (χ1v) is 36.8. The normalized spacial score (nSPS) is 13.4. The predicted molar refractivity (Wildman–Crippen MR) is 331 cm³/mol. The van der Waals surface area contributed by atoms with E-state index in [1.165, 1.54) is 0 Å². The van der Waals surface area contributed by atoms with E-state index >= 15 is 0 Å². The average Bonchev–Trinajstić information content (AvgIpc) is 4.11. The SMILES string of the molecule is CC(C)[Si](C#Cc1c2nc(c3ccc([nH]3)c(C#C[Si](C(C)C)(C(C)C)C(C)C)c(C#C[Si](C(C)C)(C(C)C)C(C)C)c3ccc([nH]3)c3nc(c1C#C[Si](C(C)C)(C(C)C)C(C)C)C=C3)C=C2)(C(C)C)C(C)C. The molecule has 4 nitrogen and oxygen atoms in total. The molecule has 0 aromatic carbocycles. The van der Waals surface area contributed by atoms with Crippen LogP contribution < -0.4 is 0 Å². The summed E-state index contributed by atoms with van der Waals surface area (Å²) in [5.41, 5.74) is 33.0. The second-order valence-corrected chi connectivity index (χ2v) is 47.4. The van der Waals surface area contributed by atoms with Gasteiger partial charge in [-0.2, -0.15) is 0 Å². The summed E-state index contributed by atoms with van der Waals surface area (Å²) < 4.78 is 0. The highest BCUT2D eigenvalue weighted by atomic mass is 28.3. The van der Waals surface area contributed by atoms with Crippen molar-refractivity contribution in [1.82, 2.24) is 19.9 Å². The second kappa shape index (κ2) is 23.1. The van der Waals surface area contributed by atoms with Gasteiger partial charge in [0.15, 0.2) is 0 Å². The minimum atomic E-state index is -2.19. The van der Waals surface area contributed by atoms with Crippen molar-refractivity contribution in [3.8, 4) is 45.9 Å². The molecule has 72 heavy (non-hydrogen) atoms. The molecule has 0 spiro atoms. The summed E-state index contributed by atoms with van der Waals surface area (Å²) >= 11 is 0. The summed E-state index contributed by atoms with van der Waals surface area (Å²) in [5, 5.41) is 0. The number of aromatic amines is 2. The first-order chi connectivity index (χ1) is 33.6. The number of H-pyrrole nitrogens is 2. The van der Waals surface area contributed by atoms with Crippen LogP contribution >= 0.6 is 0 Å². The van der Waals surface area contributed by atoms with Gasteiger partial charge in [-0.15, -0.1) is 22.2 Å². The Labute approximate surface area is 443 Å². The third-order valence-electron chi connectivity index (χ3n) is 17.8. The maximum Gasteiger partial charge on any atom is 0.146 e. The van der Waals surface area contributed by atoms with Crippen molar-refractivity contribution in [3.05, 3.63) is 69.3 Å². The monoisotopic (exact) mass is 1030 g/mol. The molecule has 2 aliphatic heterocycles. The maximum atomic E-state index is 5.53. The van der Waals surface area contributed by atoms with Gasteiger partial charge in [0.1, 0.15) is 32.3 Å². The van der Waals surface area contributed by atoms with Gasteiger partial charge in [-0.3, -0.25) is 0 Å². The summed E-state index contributed by atoms with van der Waals surface area (Å²) in [6.45, 7) is 57.4. The first kappa shape index (κ1) is 58.6. The summed E-state index contributed by atoms with van der Waals surface area (Å²) in [4.78, 5) is 18.9. The second-order valence-electron chi connectivity index (χ2n) is 25.1. The van der Waals surface area contributed by atoms with Crippen molar-refractivity contribution in [2.75, 3.05) is 0 Å². The van der Waals surface area contributed by atoms with E-state index in [0.717, 1.165) is 67.1 Å². The molecule has 0 amide bonds. The van der Waals surface area contributed by atoms with E-state index < -0.39 is 32.3 Å². The molecule has 0 aliphatic carbocycles. The molecule has 386 valence electrons. The Morgan fingerprint density at radius 2 is 0.472 bits per heavy atom. The summed E-state index contributed by atoms with van der Waals surface area (Å²) in [7, 11) is -8.72. The van der Waals surface area contributed by atoms with E-state index in [-0.39, 0.29) is 0 Å². The largest absolute Gasteiger partial charge is 0.353 e. The first-order valence-electron chi connectivity index (χ1n) is 27.9. The maximum absolute atomic E-state index is 5.53. The van der Waals surface area contributed by atoms with Crippen LogP contribution in [0.15, 0.2) is 24.3 Å². The van der Waals surface area contributed by atoms with Crippen LogP contribution in [0, 0.1) is 45.9 Å². The van der Waals surface area contributed by atoms with E-state index in [4.69, 9.17) is 9.97 Å². The molecule has 8 bridgehead atoms. The molecule has 0 radical (unpaired) electrons. The Bertz CT molecular complexity index is 2660. The van der Waals surface area contributed by atoms with E-state index in [0.29, 0.717) is 66.5 Å². The Balaban J connectivity index is 2.16. The zero-order valence-corrected chi connectivity index (χ0v) is 53.4. The highest BCUT2D eigenvalue weighted by molar-refractivity contribution is 6.92. The van der Waals surface area contributed by atoms with Crippen LogP contribution in [-0.4, -0.2) is 52.2 Å². The fourth-order valence-electron chi connectivity index (χ4n) is 14.1. The molecule has 2 aliphatic rings. The number of fused-ring (bicyclic) bond motifs is 10. The molecule has 5 rings (SSSR count). The molecular weight excluding hydrogens is 937 g/mol. The lowest BCUT2D eigenvalue weighted by Crippen LogP contribution is -2.43. The Hall–Kier alpha value is -4.29. The highest BCUT2D eigenvalue weighted by Crippen LogP contribution is 2.45. The molecule has 3 aromatic rings. The molecule has 2 N–H and O–H groups in total. The lowest BCUT2D eigenvalue weighted by molar-refractivity contribution is 0.838. The third-order valence-corrected chi connectivity index (χ3v) is 43.0. The van der Waals surface area contributed by atoms with Crippen molar-refractivity contribution < 1.29 is 0 Å². The molecule has 0 saturated heterocycles. The van der Waals surface area contributed by atoms with Gasteiger partial charge in [-0.1, -0.05) is 190 Å². The van der Waals surface area contributed by atoms with Crippen LogP contribution in [0.1, 0.15) is 211 Å². The number of aromatic nitrogens is 4. The lowest BCUT2D eigenvalue weighted by Gasteiger charge is -2.38. The van der Waals surface area contributed by atoms with Gasteiger partial charge in [0.25, 0.3) is 0 Å². The van der Waals surface area contributed by atoms with E-state index in [2.05, 4.69) is 271 Å². The zero-order chi connectivity index (χ0) is 54.0. The number of nitrogens with one attached hydrogen (secondary N) is 2. The van der Waals surface area contributed by atoms with Crippen molar-refractivity contribution in [2.24, 2.45) is 0 Å². The molecular formula is C64H94N4Si4. The standard InChI is InChI=1S/C64H94N4Si4/c1-41(2)69(42(3)4,43(5)6)37-33-53-54(34-38-70(44(7)8,45(9)10)46(11)12)58-26-30-63(66-58)64-32-28-60(68-64)56(36-40-72(50(19)20,51(21)22)52(23)24)55(35-39-71(47(13)14,48(15)16)49(17)18)59-27-31-62(67-59)61-29-25-57(53)65-61/h25-32,41-52,65-66H,1-24H3. The Kier molecular flexibility index (Phi) is 18.8. The topological polar surface area (TPSA) is 57.4 Å². The van der Waals surface area contributed by atoms with Gasteiger partial charge < -0.3 is 9.97 Å². The van der Waals surface area contributed by atoms with Crippen LogP contribution in [0.3, 0.4) is 0 Å². The number of hydrogen-bond donors (Lipinski definition) is 2. The Morgan fingerprint density at radius 1 is 0.278 bits per heavy atom. The van der Waals surface area contributed by atoms with Crippen molar-refractivity contribution in [2.45, 2.75) is 233 Å². The summed E-state index contributed by atoms with van der Waals surface area (Å²) in [5.74, 6) is 15.9. The molecule has 5 heterocycles. The number of hydrogen-bond acceptors (Lipinski definition) is 2. The van der Waals surface area contributed by atoms with Crippen LogP contribution in [-0.2, 0) is 0 Å². The van der Waals surface area contributed by atoms with Crippen molar-refractivity contribution in [3.63, 3.8) is 0 Å². The van der Waals surface area contributed by atoms with Crippen molar-refractivity contribution >= 4 is 78.7 Å². The molecule has 0 saturated carbocycles. The summed E-state index contributed by atoms with van der Waals surface area (Å²) in [6, 6.07) is 8.78. The van der Waals surface area contributed by atoms with Gasteiger partial charge in [0, 0.05) is 0 Å². The van der Waals surface area contributed by atoms with E-state index in [9.17, 15) is 0 Å². The highest BCUT2D eigenvalue weighted by Gasteiger charge is 2.45. The van der Waals surface area contributed by atoms with Gasteiger partial charge in [0.2, 0.25) is 0 Å². The fraction of sp³-hybridized carbons (Fsp3) is 0.562. The van der Waals surface area contributed by atoms with Crippen LogP contribution in [0.2, 0.25) is 66.5 Å². The predicted octanol–water partition coefficient (Wildman–Crippen LogP) is 18.9. The van der Waals surface area contributed by atoms with Crippen LogP contribution in [0.5, 0.6) is 0 Å².